The summed E-state index contributed by atoms with van der Waals surface area (Å²) in [6, 6.07) is 80.6. The number of para-hydroxylation sites is 2. The van der Waals surface area contributed by atoms with Gasteiger partial charge in [0.2, 0.25) is 0 Å². The third kappa shape index (κ3) is 5.35. The first-order chi connectivity index (χ1) is 30.3. The Bertz CT molecular complexity index is 3260. The van der Waals surface area contributed by atoms with E-state index >= 15 is 0 Å². The molecule has 10 aromatic rings. The van der Waals surface area contributed by atoms with E-state index in [0.29, 0.717) is 0 Å². The SMILES string of the molecule is C1=CC2=C(CC1)c1c(N(c3cccc(-n4c5ccccc5c5ccccc54)c3)c3ccc4ccccc4c3-c3ccccc3)cccc1C2(c1ccccc1)c1ccccc1. The monoisotopic (exact) mass is 778 g/mol. The Morgan fingerprint density at radius 1 is 0.459 bits per heavy atom. The van der Waals surface area contributed by atoms with E-state index in [0.717, 1.165) is 29.9 Å². The molecular weight excluding hydrogens is 737 g/mol. The second kappa shape index (κ2) is 14.3. The van der Waals surface area contributed by atoms with E-state index < -0.39 is 5.41 Å². The highest BCUT2D eigenvalue weighted by Gasteiger charge is 2.48. The summed E-state index contributed by atoms with van der Waals surface area (Å²) in [7, 11) is 0. The third-order valence-corrected chi connectivity index (χ3v) is 13.1. The fourth-order valence-corrected chi connectivity index (χ4v) is 10.7. The minimum atomic E-state index is -0.484. The highest BCUT2D eigenvalue weighted by molar-refractivity contribution is 6.10. The van der Waals surface area contributed by atoms with E-state index in [-0.39, 0.29) is 0 Å². The van der Waals surface area contributed by atoms with Gasteiger partial charge in [0.1, 0.15) is 0 Å². The Kier molecular flexibility index (Phi) is 8.24. The number of hydrogen-bond donors (Lipinski definition) is 0. The number of anilines is 3. The second-order valence-corrected chi connectivity index (χ2v) is 16.3. The smallest absolute Gasteiger partial charge is 0.0711 e. The molecule has 2 aliphatic rings. The molecule has 2 heteroatoms. The van der Waals surface area contributed by atoms with Crippen LogP contribution in [-0.4, -0.2) is 4.57 Å². The Hall–Kier alpha value is -7.68. The quantitative estimate of drug-likeness (QED) is 0.156. The normalized spacial score (nSPS) is 14.1. The van der Waals surface area contributed by atoms with Gasteiger partial charge in [-0.15, -0.1) is 0 Å². The lowest BCUT2D eigenvalue weighted by molar-refractivity contribution is 0.756. The van der Waals surface area contributed by atoms with E-state index in [2.05, 4.69) is 240 Å². The molecule has 288 valence electrons. The van der Waals surface area contributed by atoms with Crippen LogP contribution in [0.1, 0.15) is 35.1 Å². The highest BCUT2D eigenvalue weighted by atomic mass is 15.2. The second-order valence-electron chi connectivity index (χ2n) is 16.3. The number of benzene rings is 9. The molecule has 1 heterocycles. The van der Waals surface area contributed by atoms with Crippen molar-refractivity contribution in [3.05, 3.63) is 258 Å². The van der Waals surface area contributed by atoms with Gasteiger partial charge in [-0.2, -0.15) is 0 Å². The highest BCUT2D eigenvalue weighted by Crippen LogP contribution is 2.60. The van der Waals surface area contributed by atoms with Crippen LogP contribution in [-0.2, 0) is 5.41 Å². The van der Waals surface area contributed by atoms with Crippen LogP contribution in [0.4, 0.5) is 17.1 Å². The molecule has 2 aliphatic carbocycles. The summed E-state index contributed by atoms with van der Waals surface area (Å²) in [6.45, 7) is 0. The molecule has 61 heavy (non-hydrogen) atoms. The molecule has 0 fully saturated rings. The third-order valence-electron chi connectivity index (χ3n) is 13.1. The molecule has 1 aromatic heterocycles. The first-order valence-corrected chi connectivity index (χ1v) is 21.4. The molecule has 0 atom stereocenters. The predicted molar refractivity (Wildman–Crippen MR) is 256 cm³/mol. The van der Waals surface area contributed by atoms with Crippen LogP contribution >= 0.6 is 0 Å². The maximum atomic E-state index is 2.57. The number of allylic oxidation sites excluding steroid dienone is 4. The van der Waals surface area contributed by atoms with Crippen LogP contribution in [0, 0.1) is 0 Å². The van der Waals surface area contributed by atoms with Crippen LogP contribution in [0.2, 0.25) is 0 Å². The summed E-state index contributed by atoms with van der Waals surface area (Å²) in [5, 5.41) is 4.96. The van der Waals surface area contributed by atoms with Crippen molar-refractivity contribution in [3.8, 4) is 16.8 Å². The van der Waals surface area contributed by atoms with Crippen LogP contribution in [0.15, 0.2) is 236 Å². The summed E-state index contributed by atoms with van der Waals surface area (Å²) in [5.74, 6) is 0. The molecule has 12 rings (SSSR count). The largest absolute Gasteiger partial charge is 0.309 e. The summed E-state index contributed by atoms with van der Waals surface area (Å²) in [6.07, 6.45) is 6.78. The Morgan fingerprint density at radius 3 is 1.75 bits per heavy atom. The standard InChI is InChI=1S/C59H42N2/c1-4-21-42(22-5-1)57-47-29-11-10-20-41(47)38-39-56(57)61(46-28-18-27-45(40-46)60-53-35-16-13-30-48(53)49-31-14-17-36-54(49)60)55-37-19-34-52-58(55)50-32-12-15-33-51(50)59(52,43-23-6-2-7-24-43)44-25-8-3-9-26-44/h1-11,13-31,33-40H,12,32H2. The van der Waals surface area contributed by atoms with Crippen molar-refractivity contribution in [2.45, 2.75) is 18.3 Å². The van der Waals surface area contributed by atoms with Crippen LogP contribution in [0.5, 0.6) is 0 Å². The molecular formula is C59H42N2. The molecule has 0 bridgehead atoms. The van der Waals surface area contributed by atoms with Gasteiger partial charge < -0.3 is 9.47 Å². The number of rotatable bonds is 7. The van der Waals surface area contributed by atoms with Gasteiger partial charge >= 0.3 is 0 Å². The van der Waals surface area contributed by atoms with Gasteiger partial charge in [0, 0.05) is 33.3 Å². The minimum absolute atomic E-state index is 0.484. The summed E-state index contributed by atoms with van der Waals surface area (Å²) >= 11 is 0. The first-order valence-electron chi connectivity index (χ1n) is 21.4. The molecule has 0 N–H and O–H groups in total. The Morgan fingerprint density at radius 2 is 1.05 bits per heavy atom. The molecule has 9 aromatic carbocycles. The Balaban J connectivity index is 1.20. The number of aromatic nitrogens is 1. The fourth-order valence-electron chi connectivity index (χ4n) is 10.7. The predicted octanol–water partition coefficient (Wildman–Crippen LogP) is 15.5. The van der Waals surface area contributed by atoms with Gasteiger partial charge in [0.15, 0.2) is 0 Å². The van der Waals surface area contributed by atoms with Crippen LogP contribution < -0.4 is 4.90 Å². The van der Waals surface area contributed by atoms with Crippen molar-refractivity contribution in [2.75, 3.05) is 4.90 Å². The maximum Gasteiger partial charge on any atom is 0.0711 e. The van der Waals surface area contributed by atoms with Crippen molar-refractivity contribution < 1.29 is 0 Å². The summed E-state index contributed by atoms with van der Waals surface area (Å²) < 4.78 is 2.43. The van der Waals surface area contributed by atoms with Gasteiger partial charge in [0.25, 0.3) is 0 Å². The average Bonchev–Trinajstić information content (AvgIpc) is 3.84. The number of fused-ring (bicyclic) bond motifs is 6. The van der Waals surface area contributed by atoms with Crippen molar-refractivity contribution in [2.24, 2.45) is 0 Å². The van der Waals surface area contributed by atoms with Gasteiger partial charge in [-0.1, -0.05) is 188 Å². The number of hydrogen-bond acceptors (Lipinski definition) is 1. The van der Waals surface area contributed by atoms with Crippen molar-refractivity contribution in [3.63, 3.8) is 0 Å². The van der Waals surface area contributed by atoms with E-state index in [1.54, 1.807) is 0 Å². The summed E-state index contributed by atoms with van der Waals surface area (Å²) in [4.78, 5) is 2.57. The van der Waals surface area contributed by atoms with E-state index in [1.165, 1.54) is 82.8 Å². The van der Waals surface area contributed by atoms with E-state index in [4.69, 9.17) is 0 Å². The first kappa shape index (κ1) is 35.3. The molecule has 2 nitrogen and oxygen atoms in total. The maximum absolute atomic E-state index is 2.57. The van der Waals surface area contributed by atoms with Crippen molar-refractivity contribution in [1.29, 1.82) is 0 Å². The molecule has 0 radical (unpaired) electrons. The summed E-state index contributed by atoms with van der Waals surface area (Å²) in [5.41, 5.74) is 16.9. The van der Waals surface area contributed by atoms with Crippen molar-refractivity contribution >= 4 is 55.2 Å². The lowest BCUT2D eigenvalue weighted by atomic mass is 9.66. The lowest BCUT2D eigenvalue weighted by Crippen LogP contribution is -2.29. The Labute approximate surface area is 356 Å². The zero-order valence-electron chi connectivity index (χ0n) is 33.7. The fraction of sp³-hybridized carbons (Fsp3) is 0.0508. The molecule has 0 saturated heterocycles. The van der Waals surface area contributed by atoms with Crippen LogP contribution in [0.3, 0.4) is 0 Å². The molecule has 0 saturated carbocycles. The lowest BCUT2D eigenvalue weighted by Gasteiger charge is -2.36. The van der Waals surface area contributed by atoms with Gasteiger partial charge in [-0.25, -0.2) is 0 Å². The van der Waals surface area contributed by atoms with E-state index in [9.17, 15) is 0 Å². The van der Waals surface area contributed by atoms with Gasteiger partial charge in [-0.05, 0) is 99.5 Å². The zero-order chi connectivity index (χ0) is 40.3. The zero-order valence-corrected chi connectivity index (χ0v) is 33.7. The van der Waals surface area contributed by atoms with Crippen molar-refractivity contribution in [1.82, 2.24) is 4.57 Å². The number of nitrogens with zero attached hydrogens (tertiary/aromatic N) is 2. The van der Waals surface area contributed by atoms with Crippen LogP contribution in [0.25, 0.3) is 55.0 Å². The molecule has 0 aliphatic heterocycles. The van der Waals surface area contributed by atoms with E-state index in [1.807, 2.05) is 0 Å². The molecule has 0 spiro atoms. The topological polar surface area (TPSA) is 8.17 Å². The minimum Gasteiger partial charge on any atom is -0.309 e. The van der Waals surface area contributed by atoms with Gasteiger partial charge in [0.05, 0.1) is 27.8 Å². The molecule has 0 amide bonds. The molecule has 0 unspecified atom stereocenters. The van der Waals surface area contributed by atoms with Gasteiger partial charge in [-0.3, -0.25) is 0 Å². The average molecular weight is 779 g/mol.